The first kappa shape index (κ1) is 9.71. The summed E-state index contributed by atoms with van der Waals surface area (Å²) in [6.45, 7) is 7.95. The van der Waals surface area contributed by atoms with Crippen molar-refractivity contribution >= 4 is 5.52 Å². The molecule has 13 heavy (non-hydrogen) atoms. The summed E-state index contributed by atoms with van der Waals surface area (Å²) in [5, 5.41) is 4.21. The first-order chi connectivity index (χ1) is 6.25. The van der Waals surface area contributed by atoms with E-state index in [1.54, 1.807) is 10.8 Å². The molecular weight excluding hydrogens is 162 g/mol. The second-order valence-electron chi connectivity index (χ2n) is 2.69. The van der Waals surface area contributed by atoms with Crippen molar-refractivity contribution in [1.82, 2.24) is 14.6 Å². The monoisotopic (exact) mass is 177 g/mol. The second-order valence-corrected chi connectivity index (χ2v) is 2.69. The average Bonchev–Trinajstić information content (AvgIpc) is 2.48. The summed E-state index contributed by atoms with van der Waals surface area (Å²) in [7, 11) is 0. The zero-order valence-corrected chi connectivity index (χ0v) is 8.57. The van der Waals surface area contributed by atoms with Crippen LogP contribution < -0.4 is 0 Å². The molecule has 0 fully saturated rings. The third kappa shape index (κ3) is 2.05. The molecule has 0 saturated carbocycles. The normalized spacial score (nSPS) is 9.54. The van der Waals surface area contributed by atoms with Crippen LogP contribution in [0, 0.1) is 13.8 Å². The highest BCUT2D eigenvalue weighted by atomic mass is 15.2. The summed E-state index contributed by atoms with van der Waals surface area (Å²) >= 11 is 0. The lowest BCUT2D eigenvalue weighted by molar-refractivity contribution is 0.891. The van der Waals surface area contributed by atoms with Gasteiger partial charge < -0.3 is 0 Å². The van der Waals surface area contributed by atoms with E-state index >= 15 is 0 Å². The van der Waals surface area contributed by atoms with Crippen molar-refractivity contribution in [3.63, 3.8) is 0 Å². The fraction of sp³-hybridized carbons (Fsp3) is 0.400. The van der Waals surface area contributed by atoms with Crippen LogP contribution in [0.1, 0.15) is 25.2 Å². The minimum absolute atomic E-state index is 1.03. The van der Waals surface area contributed by atoms with E-state index in [1.807, 2.05) is 39.8 Å². The van der Waals surface area contributed by atoms with Crippen molar-refractivity contribution in [3.8, 4) is 0 Å². The highest BCUT2D eigenvalue weighted by Gasteiger charge is 1.96. The van der Waals surface area contributed by atoms with Gasteiger partial charge in [-0.25, -0.2) is 9.50 Å². The Morgan fingerprint density at radius 1 is 1.08 bits per heavy atom. The van der Waals surface area contributed by atoms with Gasteiger partial charge in [0.05, 0.1) is 11.2 Å². The molecule has 2 aromatic rings. The highest BCUT2D eigenvalue weighted by Crippen LogP contribution is 2.04. The van der Waals surface area contributed by atoms with Crippen LogP contribution in [0.5, 0.6) is 0 Å². The van der Waals surface area contributed by atoms with Crippen LogP contribution in [0.4, 0.5) is 0 Å². The molecule has 2 heterocycles. The van der Waals surface area contributed by atoms with Gasteiger partial charge in [0.25, 0.3) is 0 Å². The summed E-state index contributed by atoms with van der Waals surface area (Å²) in [6.07, 6.45) is 1.73. The molecule has 0 N–H and O–H groups in total. The molecule has 0 aliphatic rings. The molecule has 0 atom stereocenters. The number of fused-ring (bicyclic) bond motifs is 1. The van der Waals surface area contributed by atoms with E-state index in [0.717, 1.165) is 16.9 Å². The maximum Gasteiger partial charge on any atom is 0.117 e. The molecule has 0 bridgehead atoms. The van der Waals surface area contributed by atoms with Crippen molar-refractivity contribution in [2.24, 2.45) is 0 Å². The van der Waals surface area contributed by atoms with Gasteiger partial charge >= 0.3 is 0 Å². The van der Waals surface area contributed by atoms with Crippen LogP contribution in [0.3, 0.4) is 0 Å². The van der Waals surface area contributed by atoms with Gasteiger partial charge in [0.1, 0.15) is 6.33 Å². The van der Waals surface area contributed by atoms with Gasteiger partial charge in [0.2, 0.25) is 0 Å². The van der Waals surface area contributed by atoms with Gasteiger partial charge in [-0.2, -0.15) is 5.10 Å². The topological polar surface area (TPSA) is 30.2 Å². The van der Waals surface area contributed by atoms with Crippen LogP contribution in [0.25, 0.3) is 5.52 Å². The molecule has 2 aromatic heterocycles. The Morgan fingerprint density at radius 3 is 2.38 bits per heavy atom. The van der Waals surface area contributed by atoms with Crippen molar-refractivity contribution in [2.45, 2.75) is 27.7 Å². The lowest BCUT2D eigenvalue weighted by Crippen LogP contribution is -1.90. The fourth-order valence-electron chi connectivity index (χ4n) is 1.13. The predicted octanol–water partition coefficient (Wildman–Crippen LogP) is 2.37. The average molecular weight is 177 g/mol. The zero-order chi connectivity index (χ0) is 9.84. The maximum atomic E-state index is 4.21. The number of nitrogens with zero attached hydrogens (tertiary/aromatic N) is 3. The third-order valence-electron chi connectivity index (χ3n) is 1.61. The van der Waals surface area contributed by atoms with Gasteiger partial charge in [-0.3, -0.25) is 0 Å². The first-order valence-electron chi connectivity index (χ1n) is 4.54. The molecule has 70 valence electrons. The van der Waals surface area contributed by atoms with Crippen LogP contribution in [0.15, 0.2) is 18.5 Å². The number of rotatable bonds is 0. The van der Waals surface area contributed by atoms with E-state index in [2.05, 4.69) is 10.1 Å². The molecular formula is C10H15N3. The number of hydrogen-bond acceptors (Lipinski definition) is 2. The van der Waals surface area contributed by atoms with Crippen LogP contribution in [-0.2, 0) is 0 Å². The number of aromatic nitrogens is 3. The van der Waals surface area contributed by atoms with E-state index < -0.39 is 0 Å². The van der Waals surface area contributed by atoms with E-state index in [1.165, 1.54) is 0 Å². The minimum atomic E-state index is 1.03. The minimum Gasteiger partial charge on any atom is -0.242 e. The van der Waals surface area contributed by atoms with Crippen LogP contribution in [-0.4, -0.2) is 14.6 Å². The largest absolute Gasteiger partial charge is 0.242 e. The Bertz CT molecular complexity index is 390. The first-order valence-corrected chi connectivity index (χ1v) is 4.54. The molecule has 0 aliphatic carbocycles. The molecule has 0 aliphatic heterocycles. The van der Waals surface area contributed by atoms with Crippen molar-refractivity contribution < 1.29 is 0 Å². The summed E-state index contributed by atoms with van der Waals surface area (Å²) in [6, 6.07) is 4.05. The summed E-state index contributed by atoms with van der Waals surface area (Å²) in [5.41, 5.74) is 3.16. The maximum absolute atomic E-state index is 4.21. The lowest BCUT2D eigenvalue weighted by atomic mass is 10.3. The van der Waals surface area contributed by atoms with Gasteiger partial charge in [0, 0.05) is 5.69 Å². The Kier molecular flexibility index (Phi) is 3.01. The molecule has 3 nitrogen and oxygen atoms in total. The van der Waals surface area contributed by atoms with E-state index in [-0.39, 0.29) is 0 Å². The molecule has 0 amide bonds. The Hall–Kier alpha value is -1.38. The molecule has 0 unspecified atom stereocenters. The summed E-state index contributed by atoms with van der Waals surface area (Å²) < 4.78 is 1.78. The number of hydrogen-bond donors (Lipinski definition) is 0. The lowest BCUT2D eigenvalue weighted by Gasteiger charge is -1.91. The number of aryl methyl sites for hydroxylation is 2. The molecule has 3 heteroatoms. The molecule has 2 rings (SSSR count). The Labute approximate surface area is 78.4 Å². The van der Waals surface area contributed by atoms with Gasteiger partial charge in [0.15, 0.2) is 0 Å². The Balaban J connectivity index is 0.000000396. The standard InChI is InChI=1S/C8H9N3.C2H6/c1-6-3-8-4-7(2)10-11(8)5-9-6;1-2/h3-5H,1-2H3;1-2H3. The van der Waals surface area contributed by atoms with Gasteiger partial charge in [-0.05, 0) is 26.0 Å². The predicted molar refractivity (Wildman–Crippen MR) is 53.8 cm³/mol. The van der Waals surface area contributed by atoms with E-state index in [0.29, 0.717) is 0 Å². The smallest absolute Gasteiger partial charge is 0.117 e. The van der Waals surface area contributed by atoms with Crippen molar-refractivity contribution in [2.75, 3.05) is 0 Å². The van der Waals surface area contributed by atoms with Gasteiger partial charge in [-0.1, -0.05) is 13.8 Å². The van der Waals surface area contributed by atoms with Crippen molar-refractivity contribution in [1.29, 1.82) is 0 Å². The molecule has 0 radical (unpaired) electrons. The molecule has 0 spiro atoms. The third-order valence-corrected chi connectivity index (χ3v) is 1.61. The van der Waals surface area contributed by atoms with Gasteiger partial charge in [-0.15, -0.1) is 0 Å². The highest BCUT2D eigenvalue weighted by molar-refractivity contribution is 5.47. The molecule has 0 saturated heterocycles. The molecule has 0 aromatic carbocycles. The summed E-state index contributed by atoms with van der Waals surface area (Å²) in [4.78, 5) is 4.12. The summed E-state index contributed by atoms with van der Waals surface area (Å²) in [5.74, 6) is 0. The second kappa shape index (κ2) is 4.03. The quantitative estimate of drug-likeness (QED) is 0.618. The Morgan fingerprint density at radius 2 is 1.69 bits per heavy atom. The van der Waals surface area contributed by atoms with Crippen molar-refractivity contribution in [3.05, 3.63) is 29.8 Å². The van der Waals surface area contributed by atoms with E-state index in [4.69, 9.17) is 0 Å². The SMILES string of the molecule is CC.Cc1cc2cc(C)nn2cn1. The fourth-order valence-corrected chi connectivity index (χ4v) is 1.13. The van der Waals surface area contributed by atoms with Crippen LogP contribution in [0.2, 0.25) is 0 Å². The zero-order valence-electron chi connectivity index (χ0n) is 8.57. The van der Waals surface area contributed by atoms with Crippen LogP contribution >= 0.6 is 0 Å². The van der Waals surface area contributed by atoms with E-state index in [9.17, 15) is 0 Å².